The van der Waals surface area contributed by atoms with Crippen molar-refractivity contribution in [2.75, 3.05) is 11.5 Å². The highest BCUT2D eigenvalue weighted by Crippen LogP contribution is 2.40. The third-order valence-corrected chi connectivity index (χ3v) is 6.61. The van der Waals surface area contributed by atoms with Crippen LogP contribution in [0.4, 0.5) is 0 Å². The molecule has 1 heterocycles. The van der Waals surface area contributed by atoms with Gasteiger partial charge < -0.3 is 14.6 Å². The predicted molar refractivity (Wildman–Crippen MR) is 108 cm³/mol. The van der Waals surface area contributed by atoms with Gasteiger partial charge in [-0.15, -0.1) is 23.5 Å². The van der Waals surface area contributed by atoms with Crippen LogP contribution in [0.25, 0.3) is 5.57 Å². The predicted octanol–water partition coefficient (Wildman–Crippen LogP) is 5.11. The molecule has 0 aromatic heterocycles. The smallest absolute Gasteiger partial charge is 0.387 e. The van der Waals surface area contributed by atoms with Gasteiger partial charge >= 0.3 is 12.3 Å². The Morgan fingerprint density at radius 3 is 2.12 bits per heavy atom. The Kier molecular flexibility index (Phi) is 6.52. The number of benzene rings is 2. The summed E-state index contributed by atoms with van der Waals surface area (Å²) in [7, 11) is 0. The summed E-state index contributed by atoms with van der Waals surface area (Å²) < 4.78 is 12.3. The van der Waals surface area contributed by atoms with Crippen molar-refractivity contribution in [3.63, 3.8) is 0 Å². The molecule has 26 heavy (non-hydrogen) atoms. The lowest BCUT2D eigenvalue weighted by Crippen LogP contribution is -2.33. The van der Waals surface area contributed by atoms with E-state index in [-0.39, 0.29) is 0 Å². The number of carboxylic acids is 1. The van der Waals surface area contributed by atoms with Crippen LogP contribution in [0.2, 0.25) is 0 Å². The summed E-state index contributed by atoms with van der Waals surface area (Å²) in [5.41, 5.74) is 2.37. The van der Waals surface area contributed by atoms with Gasteiger partial charge in [-0.3, -0.25) is 0 Å². The van der Waals surface area contributed by atoms with Gasteiger partial charge in [0.25, 0.3) is 0 Å². The Morgan fingerprint density at radius 1 is 0.962 bits per heavy atom. The molecule has 1 atom stereocenters. The number of hydrogen-bond donors (Lipinski definition) is 1. The maximum Gasteiger partial charge on any atom is 0.387 e. The molecule has 2 aromatic carbocycles. The number of ether oxygens (including phenoxy) is 2. The zero-order chi connectivity index (χ0) is 18.4. The molecular formula is C20H20O4S2. The normalized spacial score (nSPS) is 15.2. The van der Waals surface area contributed by atoms with Crippen molar-refractivity contribution in [2.24, 2.45) is 0 Å². The Balaban J connectivity index is 1.70. The Labute approximate surface area is 161 Å². The molecule has 2 aromatic rings. The van der Waals surface area contributed by atoms with Gasteiger partial charge in [0.05, 0.1) is 0 Å². The molecule has 1 unspecified atom stereocenters. The monoisotopic (exact) mass is 388 g/mol. The summed E-state index contributed by atoms with van der Waals surface area (Å²) in [5, 5.41) is 9.35. The van der Waals surface area contributed by atoms with Crippen molar-refractivity contribution in [2.45, 2.75) is 19.6 Å². The summed E-state index contributed by atoms with van der Waals surface area (Å²) in [6.45, 7) is 2.12. The number of aliphatic carboxylic acids is 1. The molecule has 0 radical (unpaired) electrons. The van der Waals surface area contributed by atoms with Crippen molar-refractivity contribution in [1.29, 1.82) is 0 Å². The van der Waals surface area contributed by atoms with E-state index >= 15 is 0 Å². The minimum absolute atomic E-state index is 0.448. The topological polar surface area (TPSA) is 55.8 Å². The zero-order valence-electron chi connectivity index (χ0n) is 14.4. The van der Waals surface area contributed by atoms with Gasteiger partial charge in [-0.25, -0.2) is 4.79 Å². The van der Waals surface area contributed by atoms with Crippen LogP contribution in [0.1, 0.15) is 18.9 Å². The summed E-state index contributed by atoms with van der Waals surface area (Å²) in [6.07, 6.45) is -0.149. The highest BCUT2D eigenvalue weighted by Gasteiger charge is 2.21. The van der Waals surface area contributed by atoms with Crippen molar-refractivity contribution in [1.82, 2.24) is 0 Å². The second-order valence-electron chi connectivity index (χ2n) is 5.71. The van der Waals surface area contributed by atoms with Crippen LogP contribution in [-0.2, 0) is 4.79 Å². The summed E-state index contributed by atoms with van der Waals surface area (Å²) >= 11 is 3.80. The number of para-hydroxylation sites is 1. The minimum Gasteiger partial charge on any atom is -0.476 e. The highest BCUT2D eigenvalue weighted by molar-refractivity contribution is 8.23. The van der Waals surface area contributed by atoms with Crippen molar-refractivity contribution >= 4 is 35.1 Å². The van der Waals surface area contributed by atoms with Crippen LogP contribution in [0.3, 0.4) is 0 Å². The third-order valence-electron chi connectivity index (χ3n) is 3.78. The Hall–Kier alpha value is -2.05. The van der Waals surface area contributed by atoms with Gasteiger partial charge in [-0.1, -0.05) is 30.3 Å². The summed E-state index contributed by atoms with van der Waals surface area (Å²) in [4.78, 5) is 11.4. The number of allylic oxidation sites excluding steroid dienone is 1. The number of carboxylic acid groups (broad SMARTS) is 1. The number of rotatable bonds is 6. The number of carbonyl (C=O) groups is 1. The van der Waals surface area contributed by atoms with Gasteiger partial charge in [-0.2, -0.15) is 0 Å². The number of thioether (sulfide) groups is 2. The van der Waals surface area contributed by atoms with Crippen molar-refractivity contribution < 1.29 is 19.4 Å². The standard InChI is InChI=1S/C20H20O4S2/c1-14(20-25-12-5-13-26-20)15-8-10-17(11-9-15)24-19(18(21)22)23-16-6-3-2-4-7-16/h2-4,6-11,19H,5,12-13H2,1H3,(H,21,22). The van der Waals surface area contributed by atoms with Gasteiger partial charge in [-0.05, 0) is 60.3 Å². The van der Waals surface area contributed by atoms with E-state index in [0.29, 0.717) is 11.5 Å². The average molecular weight is 389 g/mol. The zero-order valence-corrected chi connectivity index (χ0v) is 16.0. The van der Waals surface area contributed by atoms with Crippen molar-refractivity contribution in [3.05, 3.63) is 64.4 Å². The molecule has 1 saturated heterocycles. The first-order chi connectivity index (χ1) is 12.6. The highest BCUT2D eigenvalue weighted by atomic mass is 32.2. The molecule has 1 aliphatic heterocycles. The maximum absolute atomic E-state index is 11.4. The second-order valence-corrected chi connectivity index (χ2v) is 8.17. The Bertz CT molecular complexity index is 764. The largest absolute Gasteiger partial charge is 0.476 e. The summed E-state index contributed by atoms with van der Waals surface area (Å²) in [5.74, 6) is 2.06. The molecule has 1 aliphatic rings. The van der Waals surface area contributed by atoms with E-state index < -0.39 is 12.3 Å². The molecule has 0 amide bonds. The molecule has 0 saturated carbocycles. The molecule has 4 nitrogen and oxygen atoms in total. The molecular weight excluding hydrogens is 368 g/mol. The van der Waals surface area contributed by atoms with Crippen LogP contribution < -0.4 is 9.47 Å². The van der Waals surface area contributed by atoms with Crippen LogP contribution >= 0.6 is 23.5 Å². The fourth-order valence-electron chi connectivity index (χ4n) is 2.42. The van der Waals surface area contributed by atoms with E-state index in [1.54, 1.807) is 36.4 Å². The van der Waals surface area contributed by atoms with E-state index in [0.717, 1.165) is 17.1 Å². The van der Waals surface area contributed by atoms with E-state index in [4.69, 9.17) is 9.47 Å². The fourth-order valence-corrected chi connectivity index (χ4v) is 5.05. The van der Waals surface area contributed by atoms with E-state index in [1.165, 1.54) is 16.2 Å². The SMILES string of the molecule is CC(=C1SCCCS1)c1ccc(OC(Oc2ccccc2)C(=O)O)cc1. The molecule has 6 heteroatoms. The van der Waals surface area contributed by atoms with E-state index in [9.17, 15) is 9.90 Å². The molecule has 0 aliphatic carbocycles. The van der Waals surface area contributed by atoms with Crippen LogP contribution in [0.5, 0.6) is 11.5 Å². The first-order valence-corrected chi connectivity index (χ1v) is 10.3. The first-order valence-electron chi connectivity index (χ1n) is 8.31. The lowest BCUT2D eigenvalue weighted by atomic mass is 10.1. The quantitative estimate of drug-likeness (QED) is 0.694. The molecule has 1 N–H and O–H groups in total. The molecule has 1 fully saturated rings. The van der Waals surface area contributed by atoms with E-state index in [1.807, 2.05) is 41.7 Å². The van der Waals surface area contributed by atoms with Gasteiger partial charge in [0.1, 0.15) is 11.5 Å². The average Bonchev–Trinajstić information content (AvgIpc) is 2.69. The van der Waals surface area contributed by atoms with Crippen molar-refractivity contribution in [3.8, 4) is 11.5 Å². The van der Waals surface area contributed by atoms with Crippen LogP contribution in [-0.4, -0.2) is 28.9 Å². The van der Waals surface area contributed by atoms with Crippen LogP contribution in [0.15, 0.2) is 58.8 Å². The van der Waals surface area contributed by atoms with Gasteiger partial charge in [0.15, 0.2) is 0 Å². The van der Waals surface area contributed by atoms with Crippen LogP contribution in [0, 0.1) is 0 Å². The molecule has 0 bridgehead atoms. The fraction of sp³-hybridized carbons (Fsp3) is 0.250. The van der Waals surface area contributed by atoms with Gasteiger partial charge in [0, 0.05) is 4.24 Å². The Morgan fingerprint density at radius 2 is 1.54 bits per heavy atom. The lowest BCUT2D eigenvalue weighted by molar-refractivity contribution is -0.158. The van der Waals surface area contributed by atoms with E-state index in [2.05, 4.69) is 6.92 Å². The summed E-state index contributed by atoms with van der Waals surface area (Å²) in [6, 6.07) is 16.2. The molecule has 3 rings (SSSR count). The lowest BCUT2D eigenvalue weighted by Gasteiger charge is -2.18. The molecule has 136 valence electrons. The third kappa shape index (κ3) is 4.99. The maximum atomic E-state index is 11.4. The first kappa shape index (κ1) is 18.7. The van der Waals surface area contributed by atoms with Gasteiger partial charge in [0.2, 0.25) is 0 Å². The number of hydrogen-bond acceptors (Lipinski definition) is 5. The second kappa shape index (κ2) is 9.05. The molecule has 0 spiro atoms. The minimum atomic E-state index is -1.40.